The fraction of sp³-hybridized carbons (Fsp3) is 0.105. The van der Waals surface area contributed by atoms with Crippen LogP contribution in [0.1, 0.15) is 22.7 Å². The molecule has 1 atom stereocenters. The number of aromatic amines is 1. The SMILES string of the molecule is Cc1ccc(N2NC(=Nc3ccn[nH]3)c3ccccc3C2C=O)cc1. The number of hydrogen-bond donors (Lipinski definition) is 2. The fourth-order valence-corrected chi connectivity index (χ4v) is 2.93. The quantitative estimate of drug-likeness (QED) is 0.724. The molecule has 0 amide bonds. The van der Waals surface area contributed by atoms with Gasteiger partial charge in [0.1, 0.15) is 18.1 Å². The van der Waals surface area contributed by atoms with Gasteiger partial charge in [-0.05, 0) is 24.6 Å². The fourth-order valence-electron chi connectivity index (χ4n) is 2.93. The first-order chi connectivity index (χ1) is 12.3. The Kier molecular flexibility index (Phi) is 3.78. The molecule has 0 bridgehead atoms. The van der Waals surface area contributed by atoms with Crippen molar-refractivity contribution < 1.29 is 4.79 Å². The van der Waals surface area contributed by atoms with Crippen LogP contribution < -0.4 is 10.4 Å². The van der Waals surface area contributed by atoms with Crippen LogP contribution in [0, 0.1) is 6.92 Å². The van der Waals surface area contributed by atoms with Crippen LogP contribution in [0.15, 0.2) is 65.8 Å². The first-order valence-corrected chi connectivity index (χ1v) is 8.01. The van der Waals surface area contributed by atoms with E-state index in [1.807, 2.05) is 60.5 Å². The predicted molar refractivity (Wildman–Crippen MR) is 96.8 cm³/mol. The molecule has 25 heavy (non-hydrogen) atoms. The van der Waals surface area contributed by atoms with Gasteiger partial charge in [0.05, 0.1) is 11.9 Å². The van der Waals surface area contributed by atoms with E-state index in [-0.39, 0.29) is 0 Å². The molecular formula is C19H17N5O. The highest BCUT2D eigenvalue weighted by Gasteiger charge is 2.30. The summed E-state index contributed by atoms with van der Waals surface area (Å²) >= 11 is 0. The lowest BCUT2D eigenvalue weighted by Gasteiger charge is -2.37. The largest absolute Gasteiger partial charge is 0.301 e. The topological polar surface area (TPSA) is 73.4 Å². The normalized spacial score (nSPS) is 17.9. The Morgan fingerprint density at radius 2 is 1.92 bits per heavy atom. The lowest BCUT2D eigenvalue weighted by molar-refractivity contribution is -0.109. The van der Waals surface area contributed by atoms with Gasteiger partial charge in [-0.1, -0.05) is 42.0 Å². The molecule has 0 fully saturated rings. The van der Waals surface area contributed by atoms with E-state index in [1.54, 1.807) is 12.3 Å². The Morgan fingerprint density at radius 1 is 1.12 bits per heavy atom. The molecule has 0 aliphatic carbocycles. The number of amidine groups is 1. The number of nitrogens with zero attached hydrogens (tertiary/aromatic N) is 3. The van der Waals surface area contributed by atoms with E-state index in [0.717, 1.165) is 28.7 Å². The third-order valence-corrected chi connectivity index (χ3v) is 4.20. The monoisotopic (exact) mass is 331 g/mol. The van der Waals surface area contributed by atoms with Gasteiger partial charge < -0.3 is 4.79 Å². The van der Waals surface area contributed by atoms with Crippen molar-refractivity contribution in [2.45, 2.75) is 13.0 Å². The molecule has 6 heteroatoms. The van der Waals surface area contributed by atoms with Gasteiger partial charge >= 0.3 is 0 Å². The number of rotatable bonds is 3. The summed E-state index contributed by atoms with van der Waals surface area (Å²) in [4.78, 5) is 16.5. The van der Waals surface area contributed by atoms with Crippen molar-refractivity contribution in [2.75, 3.05) is 5.01 Å². The van der Waals surface area contributed by atoms with Crippen LogP contribution in [0.5, 0.6) is 0 Å². The van der Waals surface area contributed by atoms with Crippen LogP contribution in [-0.4, -0.2) is 22.3 Å². The van der Waals surface area contributed by atoms with Crippen LogP contribution >= 0.6 is 0 Å². The number of H-pyrrole nitrogens is 1. The summed E-state index contributed by atoms with van der Waals surface area (Å²) in [6, 6.07) is 17.2. The predicted octanol–water partition coefficient (Wildman–Crippen LogP) is 3.06. The summed E-state index contributed by atoms with van der Waals surface area (Å²) in [5.41, 5.74) is 7.16. The Labute approximate surface area is 145 Å². The molecule has 6 nitrogen and oxygen atoms in total. The molecule has 2 N–H and O–H groups in total. The molecule has 2 aromatic carbocycles. The maximum Gasteiger partial charge on any atom is 0.154 e. The Morgan fingerprint density at radius 3 is 2.64 bits per heavy atom. The van der Waals surface area contributed by atoms with Crippen LogP contribution in [0.3, 0.4) is 0 Å². The van der Waals surface area contributed by atoms with E-state index >= 15 is 0 Å². The van der Waals surface area contributed by atoms with Crippen molar-refractivity contribution in [3.8, 4) is 0 Å². The molecule has 0 spiro atoms. The lowest BCUT2D eigenvalue weighted by atomic mass is 9.97. The average Bonchev–Trinajstić information content (AvgIpc) is 3.15. The molecule has 2 heterocycles. The van der Waals surface area contributed by atoms with Gasteiger partial charge in [-0.25, -0.2) is 4.99 Å². The van der Waals surface area contributed by atoms with E-state index in [1.165, 1.54) is 0 Å². The number of anilines is 1. The molecule has 0 saturated heterocycles. The number of aldehydes is 1. The molecule has 0 radical (unpaired) electrons. The number of carbonyl (C=O) groups is 1. The van der Waals surface area contributed by atoms with Gasteiger partial charge in [0.25, 0.3) is 0 Å². The van der Waals surface area contributed by atoms with Crippen molar-refractivity contribution in [3.63, 3.8) is 0 Å². The molecule has 1 aliphatic heterocycles. The molecule has 1 aromatic heterocycles. The number of carbonyl (C=O) groups excluding carboxylic acids is 1. The summed E-state index contributed by atoms with van der Waals surface area (Å²) in [6.07, 6.45) is 2.60. The number of hydrogen-bond acceptors (Lipinski definition) is 4. The van der Waals surface area contributed by atoms with Gasteiger partial charge in [-0.3, -0.25) is 15.5 Å². The highest BCUT2D eigenvalue weighted by atomic mass is 16.1. The summed E-state index contributed by atoms with van der Waals surface area (Å²) in [6.45, 7) is 2.03. The van der Waals surface area contributed by atoms with E-state index in [0.29, 0.717) is 11.7 Å². The Balaban J connectivity index is 1.84. The first-order valence-electron chi connectivity index (χ1n) is 8.01. The highest BCUT2D eigenvalue weighted by Crippen LogP contribution is 2.31. The summed E-state index contributed by atoms with van der Waals surface area (Å²) < 4.78 is 0. The zero-order valence-corrected chi connectivity index (χ0v) is 13.7. The Hall–Kier alpha value is -3.41. The van der Waals surface area contributed by atoms with Gasteiger partial charge in [0.15, 0.2) is 5.84 Å². The summed E-state index contributed by atoms with van der Waals surface area (Å²) in [7, 11) is 0. The van der Waals surface area contributed by atoms with Gasteiger partial charge in [0, 0.05) is 11.6 Å². The summed E-state index contributed by atoms with van der Waals surface area (Å²) in [5, 5.41) is 8.61. The van der Waals surface area contributed by atoms with Gasteiger partial charge in [-0.15, -0.1) is 0 Å². The third-order valence-electron chi connectivity index (χ3n) is 4.20. The van der Waals surface area contributed by atoms with E-state index < -0.39 is 6.04 Å². The molecule has 3 aromatic rings. The van der Waals surface area contributed by atoms with E-state index in [4.69, 9.17) is 0 Å². The van der Waals surface area contributed by atoms with Crippen LogP contribution in [0.2, 0.25) is 0 Å². The molecule has 0 saturated carbocycles. The Bertz CT molecular complexity index is 915. The number of benzene rings is 2. The maximum absolute atomic E-state index is 11.9. The lowest BCUT2D eigenvalue weighted by Crippen LogP contribution is -2.50. The molecule has 4 rings (SSSR count). The number of fused-ring (bicyclic) bond motifs is 1. The number of aromatic nitrogens is 2. The van der Waals surface area contributed by atoms with Gasteiger partial charge in [0.2, 0.25) is 0 Å². The highest BCUT2D eigenvalue weighted by molar-refractivity contribution is 6.05. The molecule has 1 aliphatic rings. The third kappa shape index (κ3) is 2.78. The van der Waals surface area contributed by atoms with Crippen LogP contribution in [0.4, 0.5) is 11.5 Å². The number of aliphatic imine (C=N–C) groups is 1. The second-order valence-electron chi connectivity index (χ2n) is 5.89. The molecule has 1 unspecified atom stereocenters. The minimum atomic E-state index is -0.431. The van der Waals surface area contributed by atoms with Crippen molar-refractivity contribution >= 4 is 23.6 Å². The van der Waals surface area contributed by atoms with Gasteiger partial charge in [-0.2, -0.15) is 5.10 Å². The first kappa shape index (κ1) is 15.1. The van der Waals surface area contributed by atoms with E-state index in [9.17, 15) is 4.79 Å². The average molecular weight is 331 g/mol. The minimum absolute atomic E-state index is 0.431. The maximum atomic E-state index is 11.9. The van der Waals surface area contributed by atoms with E-state index in [2.05, 4.69) is 20.6 Å². The van der Waals surface area contributed by atoms with Crippen molar-refractivity contribution in [3.05, 3.63) is 77.5 Å². The van der Waals surface area contributed by atoms with Crippen molar-refractivity contribution in [2.24, 2.45) is 4.99 Å². The summed E-state index contributed by atoms with van der Waals surface area (Å²) in [5.74, 6) is 1.31. The van der Waals surface area contributed by atoms with Crippen LogP contribution in [0.25, 0.3) is 0 Å². The molecular weight excluding hydrogens is 314 g/mol. The number of nitrogens with one attached hydrogen (secondary N) is 2. The number of hydrazine groups is 1. The van der Waals surface area contributed by atoms with Crippen LogP contribution in [-0.2, 0) is 4.79 Å². The van der Waals surface area contributed by atoms with Crippen molar-refractivity contribution in [1.82, 2.24) is 15.6 Å². The zero-order valence-electron chi connectivity index (χ0n) is 13.7. The zero-order chi connectivity index (χ0) is 17.2. The second kappa shape index (κ2) is 6.24. The molecule has 124 valence electrons. The minimum Gasteiger partial charge on any atom is -0.301 e. The smallest absolute Gasteiger partial charge is 0.154 e. The standard InChI is InChI=1S/C19H17N5O/c1-13-6-8-14(9-7-13)24-17(12-25)15-4-2-3-5-16(15)19(23-24)21-18-10-11-20-22-18/h2-12,17H,1H3,(H2,20,21,22,23). The van der Waals surface area contributed by atoms with Crippen molar-refractivity contribution in [1.29, 1.82) is 0 Å². The number of aryl methyl sites for hydroxylation is 1. The second-order valence-corrected chi connectivity index (χ2v) is 5.89.